The van der Waals surface area contributed by atoms with Crippen LogP contribution in [0.1, 0.15) is 17.0 Å². The molecule has 0 atom stereocenters. The first-order valence-electron chi connectivity index (χ1n) is 5.10. The molecule has 0 bridgehead atoms. The summed E-state index contributed by atoms with van der Waals surface area (Å²) in [5.74, 6) is 0.661. The normalized spacial score (nSPS) is 10.3. The molecule has 2 rings (SSSR count). The van der Waals surface area contributed by atoms with Gasteiger partial charge in [0.15, 0.2) is 0 Å². The minimum atomic E-state index is -0.150. The van der Waals surface area contributed by atoms with Crippen LogP contribution in [0.15, 0.2) is 41.3 Å². The topological polar surface area (TPSA) is 71.8 Å². The fourth-order valence-electron chi connectivity index (χ4n) is 1.48. The summed E-state index contributed by atoms with van der Waals surface area (Å²) in [7, 11) is 0. The molecule has 1 heterocycles. The van der Waals surface area contributed by atoms with E-state index in [4.69, 9.17) is 5.73 Å². The van der Waals surface area contributed by atoms with Gasteiger partial charge in [0.05, 0.1) is 0 Å². The predicted molar refractivity (Wildman–Crippen MR) is 62.0 cm³/mol. The highest BCUT2D eigenvalue weighted by Gasteiger charge is 2.01. The Morgan fingerprint density at radius 1 is 1.25 bits per heavy atom. The van der Waals surface area contributed by atoms with Gasteiger partial charge in [-0.15, -0.1) is 0 Å². The van der Waals surface area contributed by atoms with Crippen LogP contribution in [0.5, 0.6) is 0 Å². The summed E-state index contributed by atoms with van der Waals surface area (Å²) < 4.78 is 0. The zero-order valence-electron chi connectivity index (χ0n) is 8.81. The van der Waals surface area contributed by atoms with Crippen LogP contribution < -0.4 is 11.3 Å². The molecule has 0 radical (unpaired) electrons. The first-order chi connectivity index (χ1) is 7.79. The van der Waals surface area contributed by atoms with Crippen LogP contribution >= 0.6 is 0 Å². The Balaban J connectivity index is 2.23. The van der Waals surface area contributed by atoms with Crippen molar-refractivity contribution in [3.8, 4) is 0 Å². The van der Waals surface area contributed by atoms with E-state index in [1.807, 2.05) is 30.3 Å². The third-order valence-corrected chi connectivity index (χ3v) is 2.36. The molecule has 0 aliphatic heterocycles. The van der Waals surface area contributed by atoms with Crippen molar-refractivity contribution < 1.29 is 0 Å². The largest absolute Gasteiger partial charge is 0.326 e. The molecule has 3 N–H and O–H groups in total. The van der Waals surface area contributed by atoms with Crippen molar-refractivity contribution in [2.45, 2.75) is 13.0 Å². The third-order valence-electron chi connectivity index (χ3n) is 2.36. The minimum Gasteiger partial charge on any atom is -0.326 e. The number of nitrogens with one attached hydrogen (secondary N) is 1. The zero-order valence-corrected chi connectivity index (χ0v) is 8.81. The molecule has 0 saturated carbocycles. The molecular weight excluding hydrogens is 202 g/mol. The smallest absolute Gasteiger partial charge is 0.255 e. The highest BCUT2D eigenvalue weighted by molar-refractivity contribution is 5.19. The lowest BCUT2D eigenvalue weighted by molar-refractivity contribution is 0.898. The molecule has 1 aromatic heterocycles. The molecule has 4 nitrogen and oxygen atoms in total. The van der Waals surface area contributed by atoms with Gasteiger partial charge in [0.1, 0.15) is 5.82 Å². The molecular formula is C12H13N3O. The maximum absolute atomic E-state index is 11.5. The number of nitrogens with two attached hydrogens (primary N) is 1. The van der Waals surface area contributed by atoms with Gasteiger partial charge in [0, 0.05) is 24.7 Å². The van der Waals surface area contributed by atoms with Gasteiger partial charge in [-0.1, -0.05) is 30.3 Å². The Hall–Kier alpha value is -1.94. The van der Waals surface area contributed by atoms with Gasteiger partial charge in [-0.25, -0.2) is 4.98 Å². The Morgan fingerprint density at radius 2 is 2.00 bits per heavy atom. The van der Waals surface area contributed by atoms with Crippen LogP contribution in [0, 0.1) is 0 Å². The van der Waals surface area contributed by atoms with Crippen LogP contribution in [-0.4, -0.2) is 9.97 Å². The lowest BCUT2D eigenvalue weighted by Gasteiger charge is -2.01. The number of nitrogens with zero attached hydrogens (tertiary/aromatic N) is 1. The second-order valence-electron chi connectivity index (χ2n) is 3.55. The molecule has 1 aromatic carbocycles. The lowest BCUT2D eigenvalue weighted by Crippen LogP contribution is -2.18. The molecule has 0 aliphatic rings. The summed E-state index contributed by atoms with van der Waals surface area (Å²) in [6.07, 6.45) is 2.16. The van der Waals surface area contributed by atoms with Gasteiger partial charge < -0.3 is 10.7 Å². The van der Waals surface area contributed by atoms with Gasteiger partial charge in [0.2, 0.25) is 0 Å². The Morgan fingerprint density at radius 3 is 2.62 bits per heavy atom. The first-order valence-corrected chi connectivity index (χ1v) is 5.10. The molecule has 0 spiro atoms. The van der Waals surface area contributed by atoms with Crippen molar-refractivity contribution in [3.63, 3.8) is 0 Å². The monoisotopic (exact) mass is 215 g/mol. The van der Waals surface area contributed by atoms with E-state index in [2.05, 4.69) is 9.97 Å². The summed E-state index contributed by atoms with van der Waals surface area (Å²) in [4.78, 5) is 18.4. The van der Waals surface area contributed by atoms with E-state index in [-0.39, 0.29) is 12.1 Å². The molecule has 0 saturated heterocycles. The van der Waals surface area contributed by atoms with E-state index in [1.54, 1.807) is 0 Å². The van der Waals surface area contributed by atoms with Gasteiger partial charge >= 0.3 is 0 Å². The van der Waals surface area contributed by atoms with E-state index in [1.165, 1.54) is 6.20 Å². The molecule has 0 fully saturated rings. The average Bonchev–Trinajstić information content (AvgIpc) is 2.31. The Labute approximate surface area is 93.2 Å². The van der Waals surface area contributed by atoms with Gasteiger partial charge in [0.25, 0.3) is 5.56 Å². The molecule has 4 heteroatoms. The number of aromatic amines is 1. The van der Waals surface area contributed by atoms with Crippen molar-refractivity contribution in [1.29, 1.82) is 0 Å². The quantitative estimate of drug-likeness (QED) is 0.796. The van der Waals surface area contributed by atoms with E-state index in [9.17, 15) is 4.79 Å². The summed E-state index contributed by atoms with van der Waals surface area (Å²) in [5.41, 5.74) is 6.87. The van der Waals surface area contributed by atoms with E-state index < -0.39 is 0 Å². The molecule has 0 amide bonds. The minimum absolute atomic E-state index is 0.150. The number of rotatable bonds is 3. The summed E-state index contributed by atoms with van der Waals surface area (Å²) in [6, 6.07) is 9.87. The highest BCUT2D eigenvalue weighted by Crippen LogP contribution is 2.03. The maximum Gasteiger partial charge on any atom is 0.255 e. The number of benzene rings is 1. The lowest BCUT2D eigenvalue weighted by atomic mass is 10.1. The van der Waals surface area contributed by atoms with Crippen LogP contribution in [0.25, 0.3) is 0 Å². The molecule has 0 aliphatic carbocycles. The fraction of sp³-hybridized carbons (Fsp3) is 0.167. The Bertz CT molecular complexity index is 519. The van der Waals surface area contributed by atoms with Crippen LogP contribution in [0.4, 0.5) is 0 Å². The molecule has 16 heavy (non-hydrogen) atoms. The van der Waals surface area contributed by atoms with Crippen molar-refractivity contribution in [1.82, 2.24) is 9.97 Å². The van der Waals surface area contributed by atoms with E-state index >= 15 is 0 Å². The number of hydrogen-bond donors (Lipinski definition) is 2. The summed E-state index contributed by atoms with van der Waals surface area (Å²) in [6.45, 7) is 0.216. The molecule has 0 unspecified atom stereocenters. The second-order valence-corrected chi connectivity index (χ2v) is 3.55. The predicted octanol–water partition coefficient (Wildman–Crippen LogP) is 0.819. The van der Waals surface area contributed by atoms with Crippen molar-refractivity contribution in [2.75, 3.05) is 0 Å². The Kier molecular flexibility index (Phi) is 3.12. The number of aromatic nitrogens is 2. The van der Waals surface area contributed by atoms with Crippen LogP contribution in [0.3, 0.4) is 0 Å². The summed E-state index contributed by atoms with van der Waals surface area (Å²) in [5, 5.41) is 0. The fourth-order valence-corrected chi connectivity index (χ4v) is 1.48. The van der Waals surface area contributed by atoms with E-state index in [0.717, 1.165) is 5.56 Å². The van der Waals surface area contributed by atoms with Gasteiger partial charge in [-0.3, -0.25) is 4.79 Å². The van der Waals surface area contributed by atoms with Crippen LogP contribution in [0.2, 0.25) is 0 Å². The highest BCUT2D eigenvalue weighted by atomic mass is 16.1. The number of hydrogen-bond acceptors (Lipinski definition) is 3. The standard InChI is InChI=1S/C12H13N3O/c13-7-10-8-14-11(15-12(10)16)6-9-4-2-1-3-5-9/h1-5,8H,6-7,13H2,(H,14,15,16). The number of H-pyrrole nitrogens is 1. The van der Waals surface area contributed by atoms with Gasteiger partial charge in [-0.2, -0.15) is 0 Å². The van der Waals surface area contributed by atoms with Crippen LogP contribution in [-0.2, 0) is 13.0 Å². The van der Waals surface area contributed by atoms with Gasteiger partial charge in [-0.05, 0) is 5.56 Å². The zero-order chi connectivity index (χ0) is 11.4. The first kappa shape index (κ1) is 10.6. The maximum atomic E-state index is 11.5. The second kappa shape index (κ2) is 4.72. The van der Waals surface area contributed by atoms with E-state index in [0.29, 0.717) is 17.8 Å². The summed E-state index contributed by atoms with van der Waals surface area (Å²) >= 11 is 0. The van der Waals surface area contributed by atoms with Crippen molar-refractivity contribution in [3.05, 3.63) is 63.8 Å². The van der Waals surface area contributed by atoms with Crippen molar-refractivity contribution in [2.24, 2.45) is 5.73 Å². The third kappa shape index (κ3) is 2.35. The molecule has 2 aromatic rings. The van der Waals surface area contributed by atoms with Crippen molar-refractivity contribution >= 4 is 0 Å². The average molecular weight is 215 g/mol. The SMILES string of the molecule is NCc1cnc(Cc2ccccc2)[nH]c1=O. The molecule has 82 valence electrons.